The number of carbonyl (C=O) groups is 4. The Morgan fingerprint density at radius 1 is 0.381 bits per heavy atom. The number of unbranched alkanes of at least 4 members (excludes halogenated alkanes) is 6. The molecule has 0 radical (unpaired) electrons. The summed E-state index contributed by atoms with van der Waals surface area (Å²) in [7, 11) is 0. The molecule has 0 saturated carbocycles. The number of ether oxygens (including phenoxy) is 6. The van der Waals surface area contributed by atoms with Crippen LogP contribution in [0.3, 0.4) is 0 Å². The Kier molecular flexibility index (Phi) is 28.3. The van der Waals surface area contributed by atoms with Gasteiger partial charge in [-0.05, 0) is 281 Å². The smallest absolute Gasteiger partial charge is 0.343 e. The van der Waals surface area contributed by atoms with Crippen LogP contribution >= 0.6 is 0 Å². The van der Waals surface area contributed by atoms with Gasteiger partial charge in [0.1, 0.15) is 34.3 Å². The lowest BCUT2D eigenvalue weighted by molar-refractivity contribution is -0.138. The Morgan fingerprint density at radius 2 is 0.703 bits per heavy atom. The van der Waals surface area contributed by atoms with E-state index in [1.165, 1.54) is 23.3 Å². The van der Waals surface area contributed by atoms with E-state index in [4.69, 9.17) is 48.9 Å². The molecule has 4 N–H and O–H groups in total. The van der Waals surface area contributed by atoms with Gasteiger partial charge in [-0.1, -0.05) is 155 Å². The number of nitrogens with one attached hydrogen (secondary N) is 4. The molecule has 2 aliphatic rings. The number of nitrogens with zero attached hydrogens (tertiary/aromatic N) is 4. The van der Waals surface area contributed by atoms with Gasteiger partial charge in [-0.15, -0.1) is 10.2 Å². The Bertz CT molecular complexity index is 4920. The van der Waals surface area contributed by atoms with Gasteiger partial charge in [-0.25, -0.2) is 19.2 Å². The highest BCUT2D eigenvalue weighted by molar-refractivity contribution is 6.11. The van der Waals surface area contributed by atoms with Gasteiger partial charge in [0.05, 0.1) is 60.3 Å². The number of hydrogen-bond donors (Lipinski definition) is 4. The molecule has 0 saturated heterocycles. The molecule has 616 valence electrons. The van der Waals surface area contributed by atoms with E-state index in [-0.39, 0.29) is 33.6 Å². The highest BCUT2D eigenvalue weighted by Gasteiger charge is 2.37. The van der Waals surface area contributed by atoms with Crippen LogP contribution in [0.2, 0.25) is 0 Å². The average Bonchev–Trinajstić information content (AvgIpc) is 0.754. The van der Waals surface area contributed by atoms with Gasteiger partial charge in [0.15, 0.2) is 0 Å². The van der Waals surface area contributed by atoms with Gasteiger partial charge in [0.25, 0.3) is 0 Å². The van der Waals surface area contributed by atoms with Crippen LogP contribution in [-0.4, -0.2) is 61.6 Å². The monoisotopic (exact) mass is 1590 g/mol. The SMILES string of the molecule is C=CC(=O)OCCCCCCOc1ccc(C(=O)Oc2ccc(CCC3(C)Nc4cccc5c(N=Nc6ccc(C(C)(C)C(C)(C)C)cc6C)ccc(c45)N3)cc2)cc1.C=CC(=O)OCCCCCCOc1ccc(C(=O)Oc2ccc(CCC3(C)Nc4cccc5c(N=Nc6ccc(C(C)(C)C(C)(C)C)cc6C)ccc(c45)N3)cc2)cc1. The first kappa shape index (κ1) is 86.9. The molecule has 0 aliphatic carbocycles. The lowest BCUT2D eigenvalue weighted by Crippen LogP contribution is -2.45. The van der Waals surface area contributed by atoms with E-state index >= 15 is 0 Å². The normalized spacial score (nSPS) is 15.0. The van der Waals surface area contributed by atoms with Crippen molar-refractivity contribution in [3.8, 4) is 23.0 Å². The molecular formula is C100H116N8O10. The van der Waals surface area contributed by atoms with Crippen LogP contribution < -0.4 is 40.2 Å². The van der Waals surface area contributed by atoms with Crippen molar-refractivity contribution >= 4 is 90.9 Å². The van der Waals surface area contributed by atoms with Crippen LogP contribution in [0, 0.1) is 24.7 Å². The third-order valence-corrected chi connectivity index (χ3v) is 23.5. The molecule has 2 unspecified atom stereocenters. The van der Waals surface area contributed by atoms with Gasteiger partial charge in [0.2, 0.25) is 0 Å². The molecule has 10 aromatic carbocycles. The van der Waals surface area contributed by atoms with Crippen molar-refractivity contribution in [1.82, 2.24) is 0 Å². The zero-order valence-electron chi connectivity index (χ0n) is 71.2. The second-order valence-corrected chi connectivity index (χ2v) is 34.4. The molecule has 10 aromatic rings. The van der Waals surface area contributed by atoms with Crippen LogP contribution in [0.15, 0.2) is 240 Å². The van der Waals surface area contributed by atoms with Gasteiger partial charge < -0.3 is 49.7 Å². The lowest BCUT2D eigenvalue weighted by Gasteiger charge is -2.39. The summed E-state index contributed by atoms with van der Waals surface area (Å²) in [5, 5.41) is 38.2. The molecule has 18 nitrogen and oxygen atoms in total. The highest BCUT2D eigenvalue weighted by Crippen LogP contribution is 2.48. The summed E-state index contributed by atoms with van der Waals surface area (Å²) >= 11 is 0. The first-order valence-corrected chi connectivity index (χ1v) is 41.3. The summed E-state index contributed by atoms with van der Waals surface area (Å²) in [6.07, 6.45) is 12.8. The van der Waals surface area contributed by atoms with E-state index in [0.29, 0.717) is 60.6 Å². The minimum atomic E-state index is -0.424. The largest absolute Gasteiger partial charge is 0.494 e. The number of aryl methyl sites for hydroxylation is 4. The van der Waals surface area contributed by atoms with Crippen molar-refractivity contribution in [2.45, 2.75) is 196 Å². The fraction of sp³-hybridized carbons (Fsp3) is 0.360. The Balaban J connectivity index is 0.000000231. The highest BCUT2D eigenvalue weighted by atomic mass is 16.5. The van der Waals surface area contributed by atoms with E-state index in [1.54, 1.807) is 48.5 Å². The Labute approximate surface area is 696 Å². The predicted molar refractivity (Wildman–Crippen MR) is 477 cm³/mol. The minimum absolute atomic E-state index is 0.0161. The standard InChI is InChI=1S/2C50H58N4O5/c2*1-9-45(55)58-32-13-11-10-12-31-57-38-24-19-36(20-25-38)47(56)59-39-22-17-35(18-23-39)29-30-50(8)51-43-16-14-15-40-42(27-28-44(52-50)46(40)43)54-53-41-26-21-37(33-34(41)2)49(6,7)48(3,4)5/h2*9,14-28,33,51-52H,1,10-13,29-32H2,2-8H3. The number of carbonyl (C=O) groups excluding carboxylic acids is 4. The van der Waals surface area contributed by atoms with E-state index in [2.05, 4.69) is 216 Å². The molecule has 0 bridgehead atoms. The number of hydrogen-bond acceptors (Lipinski definition) is 18. The van der Waals surface area contributed by atoms with Crippen LogP contribution in [0.4, 0.5) is 45.5 Å². The van der Waals surface area contributed by atoms with Crippen molar-refractivity contribution in [1.29, 1.82) is 0 Å². The molecule has 2 aliphatic heterocycles. The quantitative estimate of drug-likeness (QED) is 0.00969. The van der Waals surface area contributed by atoms with Gasteiger partial charge in [0, 0.05) is 56.4 Å². The minimum Gasteiger partial charge on any atom is -0.494 e. The maximum Gasteiger partial charge on any atom is 0.343 e. The number of rotatable bonds is 34. The van der Waals surface area contributed by atoms with E-state index < -0.39 is 23.3 Å². The summed E-state index contributed by atoms with van der Waals surface area (Å²) < 4.78 is 33.0. The zero-order chi connectivity index (χ0) is 84.4. The summed E-state index contributed by atoms with van der Waals surface area (Å²) in [5.74, 6) is 0.743. The van der Waals surface area contributed by atoms with Crippen LogP contribution in [0.1, 0.15) is 201 Å². The first-order valence-electron chi connectivity index (χ1n) is 41.3. The maximum atomic E-state index is 12.9. The molecule has 0 spiro atoms. The number of benzene rings is 10. The lowest BCUT2D eigenvalue weighted by atomic mass is 9.65. The molecule has 0 fully saturated rings. The van der Waals surface area contributed by atoms with Crippen LogP contribution in [0.5, 0.6) is 23.0 Å². The van der Waals surface area contributed by atoms with Gasteiger partial charge in [-0.3, -0.25) is 0 Å². The number of esters is 4. The zero-order valence-corrected chi connectivity index (χ0v) is 71.2. The van der Waals surface area contributed by atoms with Crippen molar-refractivity contribution in [3.63, 3.8) is 0 Å². The van der Waals surface area contributed by atoms with E-state index in [0.717, 1.165) is 166 Å². The Morgan fingerprint density at radius 3 is 1.04 bits per heavy atom. The van der Waals surface area contributed by atoms with Crippen molar-refractivity contribution < 1.29 is 47.6 Å². The van der Waals surface area contributed by atoms with E-state index in [1.807, 2.05) is 60.7 Å². The molecule has 12 rings (SSSR count). The molecule has 118 heavy (non-hydrogen) atoms. The number of anilines is 4. The fourth-order valence-corrected chi connectivity index (χ4v) is 14.2. The van der Waals surface area contributed by atoms with Crippen molar-refractivity contribution in [2.24, 2.45) is 31.3 Å². The summed E-state index contributed by atoms with van der Waals surface area (Å²) in [6, 6.07) is 63.2. The number of azo groups is 2. The second-order valence-electron chi connectivity index (χ2n) is 34.4. The molecule has 2 atom stereocenters. The summed E-state index contributed by atoms with van der Waals surface area (Å²) in [6.45, 7) is 40.2. The summed E-state index contributed by atoms with van der Waals surface area (Å²) in [5.41, 5.74) is 15.1. The predicted octanol–water partition coefficient (Wildman–Crippen LogP) is 25.9. The topological polar surface area (TPSA) is 221 Å². The molecule has 0 amide bonds. The third-order valence-electron chi connectivity index (χ3n) is 23.5. The van der Waals surface area contributed by atoms with Crippen molar-refractivity contribution in [3.05, 3.63) is 264 Å². The fourth-order valence-electron chi connectivity index (χ4n) is 14.2. The molecule has 18 heteroatoms. The molecule has 2 heterocycles. The summed E-state index contributed by atoms with van der Waals surface area (Å²) in [4.78, 5) is 47.9. The van der Waals surface area contributed by atoms with Crippen LogP contribution in [0.25, 0.3) is 21.5 Å². The maximum absolute atomic E-state index is 12.9. The van der Waals surface area contributed by atoms with Crippen LogP contribution in [-0.2, 0) is 42.7 Å². The van der Waals surface area contributed by atoms with Gasteiger partial charge >= 0.3 is 23.9 Å². The molecule has 0 aromatic heterocycles. The average molecular weight is 1590 g/mol. The van der Waals surface area contributed by atoms with E-state index in [9.17, 15) is 19.2 Å². The third kappa shape index (κ3) is 22.4. The molecular weight excluding hydrogens is 1470 g/mol. The first-order chi connectivity index (χ1) is 56.3. The second kappa shape index (κ2) is 38.4. The Hall–Kier alpha value is -11.9. The van der Waals surface area contributed by atoms with Gasteiger partial charge in [-0.2, -0.15) is 10.2 Å². The van der Waals surface area contributed by atoms with Crippen molar-refractivity contribution in [2.75, 3.05) is 47.7 Å².